The Morgan fingerprint density at radius 1 is 0.662 bits per heavy atom. The molecule has 19 heteroatoms. The molecule has 6 aromatic rings. The van der Waals surface area contributed by atoms with Crippen molar-refractivity contribution in [2.24, 2.45) is 5.73 Å². The predicted octanol–water partition coefficient (Wildman–Crippen LogP) is 6.20. The van der Waals surface area contributed by atoms with E-state index in [2.05, 4.69) is 62.3 Å². The third-order valence-electron chi connectivity index (χ3n) is 11.7. The minimum absolute atomic E-state index is 0. The van der Waals surface area contributed by atoms with Gasteiger partial charge in [0.25, 0.3) is 0 Å². The normalized spacial score (nSPS) is 16.0. The van der Waals surface area contributed by atoms with E-state index in [1.165, 1.54) is 5.56 Å². The fourth-order valence-corrected chi connectivity index (χ4v) is 8.66. The predicted molar refractivity (Wildman–Crippen MR) is 267 cm³/mol. The van der Waals surface area contributed by atoms with Gasteiger partial charge in [-0.25, -0.2) is 14.8 Å². The summed E-state index contributed by atoms with van der Waals surface area (Å²) in [6, 6.07) is 19.5. The Morgan fingerprint density at radius 2 is 1.11 bits per heavy atom. The number of nitrogens with two attached hydrogens (primary N) is 1. The zero-order valence-corrected chi connectivity index (χ0v) is 42.6. The summed E-state index contributed by atoms with van der Waals surface area (Å²) in [5, 5.41) is 11.7. The molecule has 18 nitrogen and oxygen atoms in total. The molecule has 8 rings (SSSR count). The molecule has 2 fully saturated rings. The fraction of sp³-hybridized carbons (Fsp3) is 0.462. The maximum absolute atomic E-state index is 12.7. The van der Waals surface area contributed by atoms with Gasteiger partial charge in [-0.1, -0.05) is 24.3 Å². The summed E-state index contributed by atoms with van der Waals surface area (Å²) in [7, 11) is 0. The Morgan fingerprint density at radius 3 is 1.55 bits per heavy atom. The molecule has 2 saturated heterocycles. The van der Waals surface area contributed by atoms with Crippen molar-refractivity contribution in [2.75, 3.05) is 65.9 Å². The topological polar surface area (TPSA) is 229 Å². The minimum Gasteiger partial charge on any atom is -0.444 e. The van der Waals surface area contributed by atoms with E-state index in [1.54, 1.807) is 12.4 Å². The van der Waals surface area contributed by atoms with E-state index in [0.29, 0.717) is 91.6 Å². The van der Waals surface area contributed by atoms with Gasteiger partial charge in [-0.2, -0.15) is 0 Å². The maximum Gasteiger partial charge on any atom is 0.407 e. The number of alkyl carbamates (subject to hydrolysis) is 1. The molecule has 1 radical (unpaired) electrons. The van der Waals surface area contributed by atoms with E-state index in [-0.39, 0.29) is 49.6 Å². The molecule has 5 N–H and O–H groups in total. The molecule has 381 valence electrons. The van der Waals surface area contributed by atoms with E-state index in [9.17, 15) is 24.0 Å². The number of amides is 5. The van der Waals surface area contributed by atoms with Gasteiger partial charge in [0.05, 0.1) is 50.7 Å². The number of imide groups is 2. The summed E-state index contributed by atoms with van der Waals surface area (Å²) in [5.41, 5.74) is 10.6. The summed E-state index contributed by atoms with van der Waals surface area (Å²) < 4.78 is 31.2. The summed E-state index contributed by atoms with van der Waals surface area (Å²) in [4.78, 5) is 69.3. The number of hydrogen-bond donors (Lipinski definition) is 4. The van der Waals surface area contributed by atoms with Crippen LogP contribution >= 0.6 is 0 Å². The van der Waals surface area contributed by atoms with Gasteiger partial charge in [-0.3, -0.25) is 29.8 Å². The molecule has 5 amide bonds. The SMILES string of the molecule is CC(C)(C)OC(=O)NCCOCCOCCCc1ccc2c3cccnc3n(C3CCC(=O)NC3=O)c2c1.NCCOCCOCCCc1ccc2c3cccnc3n(C3CCC(=O)NC3=O)c2c1.[CH3-].[V]. The first-order valence-corrected chi connectivity index (χ1v) is 23.8. The molecule has 71 heavy (non-hydrogen) atoms. The molecule has 0 bridgehead atoms. The Labute approximate surface area is 426 Å². The van der Waals surface area contributed by atoms with E-state index < -0.39 is 23.8 Å². The first kappa shape index (κ1) is 56.2. The van der Waals surface area contributed by atoms with E-state index in [1.807, 2.05) is 54.2 Å². The minimum atomic E-state index is -0.520. The fourth-order valence-electron chi connectivity index (χ4n) is 8.66. The smallest absolute Gasteiger partial charge is 0.407 e. The van der Waals surface area contributed by atoms with Gasteiger partial charge < -0.3 is 51.3 Å². The number of pyridine rings is 2. The van der Waals surface area contributed by atoms with Crippen LogP contribution in [0.2, 0.25) is 0 Å². The van der Waals surface area contributed by atoms with E-state index >= 15 is 0 Å². The first-order valence-electron chi connectivity index (χ1n) is 23.8. The summed E-state index contributed by atoms with van der Waals surface area (Å²) in [6.45, 7) is 10.6. The van der Waals surface area contributed by atoms with E-state index in [0.717, 1.165) is 75.1 Å². The van der Waals surface area contributed by atoms with Crippen molar-refractivity contribution in [3.05, 3.63) is 91.6 Å². The second kappa shape index (κ2) is 27.2. The molecule has 2 aromatic carbocycles. The van der Waals surface area contributed by atoms with Crippen molar-refractivity contribution in [3.8, 4) is 0 Å². The number of benzene rings is 2. The molecule has 2 aliphatic heterocycles. The van der Waals surface area contributed by atoms with Gasteiger partial charge in [0.1, 0.15) is 29.0 Å². The molecule has 0 saturated carbocycles. The number of carbonyl (C=O) groups excluding carboxylic acids is 5. The zero-order valence-electron chi connectivity index (χ0n) is 41.2. The number of carbonyl (C=O) groups is 5. The van der Waals surface area contributed by atoms with Crippen molar-refractivity contribution < 1.29 is 66.2 Å². The quantitative estimate of drug-likeness (QED) is 0.0358. The summed E-state index contributed by atoms with van der Waals surface area (Å²) >= 11 is 0. The molecule has 2 atom stereocenters. The van der Waals surface area contributed by atoms with Crippen LogP contribution in [0.4, 0.5) is 4.79 Å². The van der Waals surface area contributed by atoms with Crippen LogP contribution < -0.4 is 21.7 Å². The molecule has 0 spiro atoms. The average molecular weight is 1020 g/mol. The number of aromatic nitrogens is 4. The zero-order chi connectivity index (χ0) is 48.8. The van der Waals surface area contributed by atoms with Gasteiger partial charge in [0.15, 0.2) is 0 Å². The second-order valence-corrected chi connectivity index (χ2v) is 18.0. The Bertz CT molecular complexity index is 2750. The van der Waals surface area contributed by atoms with Crippen molar-refractivity contribution in [1.82, 2.24) is 35.1 Å². The van der Waals surface area contributed by atoms with Crippen LogP contribution in [-0.4, -0.2) is 120 Å². The molecule has 6 heterocycles. The average Bonchev–Trinajstić information content (AvgIpc) is 3.82. The molecular formula is C52H67N8O10V-. The number of piperidine rings is 2. The summed E-state index contributed by atoms with van der Waals surface area (Å²) in [5.74, 6) is -1.00. The molecule has 2 unspecified atom stereocenters. The Balaban J connectivity index is 0.000000262. The van der Waals surface area contributed by atoms with Crippen LogP contribution in [0.25, 0.3) is 43.9 Å². The molecule has 2 aliphatic rings. The van der Waals surface area contributed by atoms with Gasteiger partial charge in [0.2, 0.25) is 23.6 Å². The number of nitrogens with one attached hydrogen (secondary N) is 3. The third-order valence-corrected chi connectivity index (χ3v) is 11.7. The first-order chi connectivity index (χ1) is 33.4. The van der Waals surface area contributed by atoms with Crippen LogP contribution in [0.1, 0.15) is 82.5 Å². The van der Waals surface area contributed by atoms with Crippen LogP contribution in [-0.2, 0) is 74.3 Å². The number of ether oxygens (including phenoxy) is 5. The van der Waals surface area contributed by atoms with E-state index in [4.69, 9.17) is 29.4 Å². The Kier molecular flexibility index (Phi) is 21.5. The molecule has 0 aliphatic carbocycles. The van der Waals surface area contributed by atoms with Crippen molar-refractivity contribution in [1.29, 1.82) is 0 Å². The maximum atomic E-state index is 12.7. The van der Waals surface area contributed by atoms with Gasteiger partial charge >= 0.3 is 6.09 Å². The van der Waals surface area contributed by atoms with Gasteiger partial charge in [-0.05, 0) is 107 Å². The number of aryl methyl sites for hydroxylation is 2. The summed E-state index contributed by atoms with van der Waals surface area (Å²) in [6.07, 6.45) is 7.99. The van der Waals surface area contributed by atoms with Crippen LogP contribution in [0.3, 0.4) is 0 Å². The van der Waals surface area contributed by atoms with Crippen molar-refractivity contribution >= 4 is 73.6 Å². The van der Waals surface area contributed by atoms with Crippen molar-refractivity contribution in [3.63, 3.8) is 0 Å². The van der Waals surface area contributed by atoms with Gasteiger partial charge in [-0.15, -0.1) is 0 Å². The number of rotatable bonds is 21. The number of hydrogen-bond acceptors (Lipinski definition) is 13. The largest absolute Gasteiger partial charge is 0.444 e. The second-order valence-electron chi connectivity index (χ2n) is 18.0. The van der Waals surface area contributed by atoms with Gasteiger partial charge in [0, 0.05) is 91.6 Å². The van der Waals surface area contributed by atoms with Crippen LogP contribution in [0.5, 0.6) is 0 Å². The van der Waals surface area contributed by atoms with Crippen molar-refractivity contribution in [2.45, 2.75) is 89.8 Å². The Hall–Kier alpha value is -5.73. The molecule has 4 aromatic heterocycles. The third kappa shape index (κ3) is 15.1. The number of fused-ring (bicyclic) bond motifs is 6. The number of nitrogens with zero attached hydrogens (tertiary/aromatic N) is 4. The standard InChI is InChI=1S/C28H36N4O6.C23H28N4O4.CH3.V/c1-28(2,3)38-27(35)30-13-15-37-17-16-36-14-5-6-19-8-9-20-21-7-4-12-29-25(21)32(23(20)18-19)22-10-11-24(33)31-26(22)34;24-9-12-31-14-13-30-11-2-3-16-5-6-17-18-4-1-10-25-22(18)27(20(17)15-16)19-7-8-21(28)26-23(19)29;;/h4,7-9,12,18,22H,5-6,10-11,13-17H2,1-3H3,(H,30,35)(H,31,33,34);1,4-6,10,15,19H,2-3,7-9,11-14,24H2,(H,26,28,29);1H3;/q;;-1;. The van der Waals surface area contributed by atoms with Crippen LogP contribution in [0.15, 0.2) is 73.1 Å². The molecular weight excluding hydrogens is 948 g/mol. The van der Waals surface area contributed by atoms with Crippen LogP contribution in [0, 0.1) is 7.43 Å². The monoisotopic (exact) mass is 1010 g/mol.